The van der Waals surface area contributed by atoms with Crippen molar-refractivity contribution in [3.63, 3.8) is 0 Å². The fourth-order valence-corrected chi connectivity index (χ4v) is 14.3. The number of rotatable bonds is 14. The molecule has 67 heavy (non-hydrogen) atoms. The summed E-state index contributed by atoms with van der Waals surface area (Å²) in [6, 6.07) is 0. The second-order valence-corrected chi connectivity index (χ2v) is 23.1. The van der Waals surface area contributed by atoms with Crippen LogP contribution >= 0.6 is 0 Å². The van der Waals surface area contributed by atoms with E-state index in [1.807, 2.05) is 0 Å². The van der Waals surface area contributed by atoms with Crippen molar-refractivity contribution >= 4 is 0 Å². The Bertz CT molecular complexity index is 1710. The lowest BCUT2D eigenvalue weighted by atomic mass is 9.39. The predicted octanol–water partition coefficient (Wildman–Crippen LogP) is -1.06. The highest BCUT2D eigenvalue weighted by molar-refractivity contribution is 5.30. The molecule has 0 aromatic carbocycles. The minimum absolute atomic E-state index is 0.0287. The highest BCUT2D eigenvalue weighted by Crippen LogP contribution is 2.75. The summed E-state index contributed by atoms with van der Waals surface area (Å²) >= 11 is 0. The molecule has 19 heteroatoms. The van der Waals surface area contributed by atoms with Crippen molar-refractivity contribution in [2.45, 2.75) is 223 Å². The Balaban J connectivity index is 0.996. The van der Waals surface area contributed by atoms with Gasteiger partial charge in [0.2, 0.25) is 0 Å². The zero-order valence-electron chi connectivity index (χ0n) is 40.3. The van der Waals surface area contributed by atoms with E-state index in [0.717, 1.165) is 38.5 Å². The standard InChI is InChI=1S/C48H82O19/c1-21(17-25(51)40(61)45(4,5)67-43-39(60)35(56)32(53)27(19-50)64-43)22-13-14-48(8)29-11-9-23-24(46(29,6)15-16-47(22,48)7)10-12-30(44(23,2)3)66-42-38(59)36(57)33(54)28(65-42)20-62-41-37(58)34(55)31(52)26(18-49)63-41/h9,21-22,24-43,49-61H,10-20H2,1-8H3. The monoisotopic (exact) mass is 963 g/mol. The van der Waals surface area contributed by atoms with E-state index in [2.05, 4.69) is 47.6 Å². The average Bonchev–Trinajstić information content (AvgIpc) is 3.56. The van der Waals surface area contributed by atoms with Crippen LogP contribution in [0.3, 0.4) is 0 Å². The molecule has 388 valence electrons. The van der Waals surface area contributed by atoms with Gasteiger partial charge in [0.15, 0.2) is 18.9 Å². The van der Waals surface area contributed by atoms with Crippen molar-refractivity contribution in [2.24, 2.45) is 45.3 Å². The highest BCUT2D eigenvalue weighted by Gasteiger charge is 2.68. The van der Waals surface area contributed by atoms with Crippen LogP contribution in [0.15, 0.2) is 11.6 Å². The normalized spacial score (nSPS) is 50.3. The molecule has 0 radical (unpaired) electrons. The van der Waals surface area contributed by atoms with Gasteiger partial charge in [-0.05, 0) is 105 Å². The van der Waals surface area contributed by atoms with Crippen LogP contribution in [0, 0.1) is 45.3 Å². The third-order valence-electron chi connectivity index (χ3n) is 18.7. The molecule has 3 aliphatic heterocycles. The maximum atomic E-state index is 11.5. The van der Waals surface area contributed by atoms with Crippen LogP contribution in [0.25, 0.3) is 0 Å². The third kappa shape index (κ3) is 9.24. The van der Waals surface area contributed by atoms with E-state index in [0.29, 0.717) is 18.8 Å². The molecule has 25 atom stereocenters. The van der Waals surface area contributed by atoms with Crippen molar-refractivity contribution in [3.8, 4) is 0 Å². The molecule has 19 nitrogen and oxygen atoms in total. The number of hydrogen-bond acceptors (Lipinski definition) is 19. The predicted molar refractivity (Wildman–Crippen MR) is 235 cm³/mol. The summed E-state index contributed by atoms with van der Waals surface area (Å²) in [6.45, 7) is 15.1. The van der Waals surface area contributed by atoms with E-state index < -0.39 is 141 Å². The summed E-state index contributed by atoms with van der Waals surface area (Å²) in [6.07, 6.45) is -16.6. The molecule has 3 saturated heterocycles. The van der Waals surface area contributed by atoms with Crippen molar-refractivity contribution in [1.82, 2.24) is 0 Å². The first-order valence-corrected chi connectivity index (χ1v) is 24.5. The van der Waals surface area contributed by atoms with E-state index in [-0.39, 0.29) is 34.0 Å². The Morgan fingerprint density at radius 2 is 1.19 bits per heavy atom. The molecule has 13 N–H and O–H groups in total. The maximum absolute atomic E-state index is 11.5. The van der Waals surface area contributed by atoms with Crippen molar-refractivity contribution in [3.05, 3.63) is 11.6 Å². The molecule has 0 bridgehead atoms. The zero-order chi connectivity index (χ0) is 49.5. The first kappa shape index (κ1) is 53.8. The molecular weight excluding hydrogens is 881 g/mol. The molecule has 7 aliphatic rings. The Labute approximate surface area is 393 Å². The minimum atomic E-state index is -1.68. The molecule has 3 heterocycles. The zero-order valence-corrected chi connectivity index (χ0v) is 40.3. The molecule has 25 unspecified atom stereocenters. The van der Waals surface area contributed by atoms with E-state index in [9.17, 15) is 66.4 Å². The number of fused-ring (bicyclic) bond motifs is 5. The van der Waals surface area contributed by atoms with Gasteiger partial charge in [0.1, 0.15) is 79.4 Å². The number of aliphatic hydroxyl groups is 13. The van der Waals surface area contributed by atoms with Gasteiger partial charge in [-0.3, -0.25) is 0 Å². The topological polar surface area (TPSA) is 318 Å². The van der Waals surface area contributed by atoms with Gasteiger partial charge in [0.05, 0.1) is 37.6 Å². The quantitative estimate of drug-likeness (QED) is 0.0924. The lowest BCUT2D eigenvalue weighted by Gasteiger charge is -2.66. The summed E-state index contributed by atoms with van der Waals surface area (Å²) in [5.41, 5.74) is -0.785. The Morgan fingerprint density at radius 3 is 1.79 bits per heavy atom. The minimum Gasteiger partial charge on any atom is -0.394 e. The molecule has 4 aliphatic carbocycles. The van der Waals surface area contributed by atoms with Crippen LogP contribution in [-0.4, -0.2) is 202 Å². The van der Waals surface area contributed by atoms with E-state index >= 15 is 0 Å². The first-order valence-electron chi connectivity index (χ1n) is 24.5. The van der Waals surface area contributed by atoms with Crippen LogP contribution in [0.2, 0.25) is 0 Å². The van der Waals surface area contributed by atoms with Gasteiger partial charge in [-0.25, -0.2) is 0 Å². The fraction of sp³-hybridized carbons (Fsp3) is 0.958. The molecule has 3 saturated carbocycles. The van der Waals surface area contributed by atoms with Crippen LogP contribution in [-0.2, 0) is 28.4 Å². The summed E-state index contributed by atoms with van der Waals surface area (Å²) in [5.74, 6) is 0.905. The fourth-order valence-electron chi connectivity index (χ4n) is 14.3. The van der Waals surface area contributed by atoms with Crippen molar-refractivity contribution in [2.75, 3.05) is 19.8 Å². The Kier molecular flexibility index (Phi) is 15.9. The SMILES string of the molecule is CC(CC(O)C(O)C(C)(C)OC1OC(CO)C(O)C(O)C1O)C1CCC2(C)C3CC=C4C(CCC(OC5OC(COC6OC(CO)C(O)C(O)C6O)C(O)C(O)C5O)C4(C)C)C3(C)CCC12C. The molecule has 0 amide bonds. The molecule has 6 fully saturated rings. The van der Waals surface area contributed by atoms with Crippen molar-refractivity contribution in [1.29, 1.82) is 0 Å². The van der Waals surface area contributed by atoms with E-state index in [4.69, 9.17) is 28.4 Å². The Morgan fingerprint density at radius 1 is 0.657 bits per heavy atom. The summed E-state index contributed by atoms with van der Waals surface area (Å²) < 4.78 is 35.1. The van der Waals surface area contributed by atoms with Gasteiger partial charge in [0, 0.05) is 5.41 Å². The number of aliphatic hydroxyl groups excluding tert-OH is 13. The van der Waals surface area contributed by atoms with Gasteiger partial charge in [-0.2, -0.15) is 0 Å². The lowest BCUT2D eigenvalue weighted by molar-refractivity contribution is -0.340. The summed E-state index contributed by atoms with van der Waals surface area (Å²) in [5, 5.41) is 137. The van der Waals surface area contributed by atoms with Gasteiger partial charge in [0.25, 0.3) is 0 Å². The smallest absolute Gasteiger partial charge is 0.187 e. The Hall–Kier alpha value is -1.02. The first-order chi connectivity index (χ1) is 31.2. The van der Waals surface area contributed by atoms with Crippen LogP contribution in [0.1, 0.15) is 107 Å². The second-order valence-electron chi connectivity index (χ2n) is 23.1. The number of allylic oxidation sites excluding steroid dienone is 1. The van der Waals surface area contributed by atoms with Gasteiger partial charge < -0.3 is 94.8 Å². The van der Waals surface area contributed by atoms with Crippen molar-refractivity contribution < 1.29 is 94.8 Å². The summed E-state index contributed by atoms with van der Waals surface area (Å²) in [7, 11) is 0. The molecule has 7 rings (SSSR count). The second kappa shape index (κ2) is 19.8. The lowest BCUT2D eigenvalue weighted by Crippen LogP contribution is -2.63. The van der Waals surface area contributed by atoms with Gasteiger partial charge in [-0.15, -0.1) is 0 Å². The highest BCUT2D eigenvalue weighted by atomic mass is 16.7. The largest absolute Gasteiger partial charge is 0.394 e. The molecule has 0 aromatic rings. The maximum Gasteiger partial charge on any atom is 0.187 e. The summed E-state index contributed by atoms with van der Waals surface area (Å²) in [4.78, 5) is 0. The third-order valence-corrected chi connectivity index (χ3v) is 18.7. The van der Waals surface area contributed by atoms with Crippen LogP contribution in [0.5, 0.6) is 0 Å². The van der Waals surface area contributed by atoms with E-state index in [1.54, 1.807) is 13.8 Å². The molecule has 0 aromatic heterocycles. The van der Waals surface area contributed by atoms with Gasteiger partial charge >= 0.3 is 0 Å². The van der Waals surface area contributed by atoms with Gasteiger partial charge in [-0.1, -0.05) is 53.2 Å². The van der Waals surface area contributed by atoms with Crippen LogP contribution < -0.4 is 0 Å². The average molecular weight is 963 g/mol. The van der Waals surface area contributed by atoms with Crippen LogP contribution in [0.4, 0.5) is 0 Å². The number of hydrogen-bond donors (Lipinski definition) is 13. The van der Waals surface area contributed by atoms with E-state index in [1.165, 1.54) is 5.57 Å². The molecular formula is C48H82O19. The molecule has 0 spiro atoms. The number of ether oxygens (including phenoxy) is 6.